The van der Waals surface area contributed by atoms with Crippen LogP contribution in [-0.4, -0.2) is 37.5 Å². The first-order chi connectivity index (χ1) is 10.5. The SMILES string of the molecule is CN(C=Cc1cccc(OCC2CC2)c1)S(=O)(=O)CCCBr. The van der Waals surface area contributed by atoms with Crippen LogP contribution in [0.4, 0.5) is 0 Å². The average Bonchev–Trinajstić information content (AvgIpc) is 3.33. The zero-order valence-corrected chi connectivity index (χ0v) is 15.1. The third kappa shape index (κ3) is 5.65. The fourth-order valence-electron chi connectivity index (χ4n) is 1.87. The van der Waals surface area contributed by atoms with Crippen molar-refractivity contribution >= 4 is 32.0 Å². The normalized spacial score (nSPS) is 15.2. The predicted octanol–water partition coefficient (Wildman–Crippen LogP) is 3.49. The summed E-state index contributed by atoms with van der Waals surface area (Å²) in [7, 11) is -1.67. The molecule has 0 unspecified atom stereocenters. The molecule has 1 saturated carbocycles. The van der Waals surface area contributed by atoms with E-state index in [4.69, 9.17) is 4.74 Å². The average molecular weight is 388 g/mol. The van der Waals surface area contributed by atoms with Gasteiger partial charge in [0.2, 0.25) is 10.0 Å². The van der Waals surface area contributed by atoms with E-state index in [1.807, 2.05) is 24.3 Å². The van der Waals surface area contributed by atoms with Crippen molar-refractivity contribution in [3.63, 3.8) is 0 Å². The smallest absolute Gasteiger partial charge is 0.234 e. The standard InChI is InChI=1S/C16H22BrNO3S/c1-18(22(19,20)11-3-9-17)10-8-14-4-2-5-16(12-14)21-13-15-6-7-15/h2,4-5,8,10,12,15H,3,6-7,9,11,13H2,1H3. The lowest BCUT2D eigenvalue weighted by atomic mass is 10.2. The van der Waals surface area contributed by atoms with E-state index < -0.39 is 10.0 Å². The van der Waals surface area contributed by atoms with Gasteiger partial charge in [0.25, 0.3) is 0 Å². The lowest BCUT2D eigenvalue weighted by Crippen LogP contribution is -2.24. The number of alkyl halides is 1. The summed E-state index contributed by atoms with van der Waals surface area (Å²) in [6.07, 6.45) is 6.50. The largest absolute Gasteiger partial charge is 0.493 e. The number of ether oxygens (including phenoxy) is 1. The van der Waals surface area contributed by atoms with Crippen molar-refractivity contribution in [2.75, 3.05) is 24.7 Å². The molecule has 1 fully saturated rings. The van der Waals surface area contributed by atoms with Crippen LogP contribution < -0.4 is 4.74 Å². The summed E-state index contributed by atoms with van der Waals surface area (Å²) in [5, 5.41) is 0.685. The van der Waals surface area contributed by atoms with Gasteiger partial charge in [0.15, 0.2) is 0 Å². The van der Waals surface area contributed by atoms with E-state index in [1.54, 1.807) is 19.3 Å². The highest BCUT2D eigenvalue weighted by atomic mass is 79.9. The second-order valence-electron chi connectivity index (χ2n) is 5.52. The molecule has 6 heteroatoms. The first-order valence-corrected chi connectivity index (χ1v) is 10.2. The fourth-order valence-corrected chi connectivity index (χ4v) is 3.57. The fraction of sp³-hybridized carbons (Fsp3) is 0.500. The van der Waals surface area contributed by atoms with Crippen LogP contribution >= 0.6 is 15.9 Å². The zero-order valence-electron chi connectivity index (χ0n) is 12.7. The van der Waals surface area contributed by atoms with E-state index in [0.717, 1.165) is 17.9 Å². The highest BCUT2D eigenvalue weighted by Gasteiger charge is 2.21. The van der Waals surface area contributed by atoms with Gasteiger partial charge in [0, 0.05) is 18.6 Å². The summed E-state index contributed by atoms with van der Waals surface area (Å²) in [6, 6.07) is 7.70. The maximum Gasteiger partial charge on any atom is 0.234 e. The molecule has 0 heterocycles. The molecule has 22 heavy (non-hydrogen) atoms. The van der Waals surface area contributed by atoms with Gasteiger partial charge in [0.05, 0.1) is 12.4 Å². The predicted molar refractivity (Wildman–Crippen MR) is 93.7 cm³/mol. The highest BCUT2D eigenvalue weighted by molar-refractivity contribution is 9.09. The second kappa shape index (κ2) is 8.02. The van der Waals surface area contributed by atoms with Crippen molar-refractivity contribution in [2.24, 2.45) is 5.92 Å². The van der Waals surface area contributed by atoms with E-state index in [1.165, 1.54) is 17.1 Å². The van der Waals surface area contributed by atoms with Gasteiger partial charge >= 0.3 is 0 Å². The quantitative estimate of drug-likeness (QED) is 0.609. The number of halogens is 1. The Morgan fingerprint density at radius 3 is 2.86 bits per heavy atom. The molecular weight excluding hydrogens is 366 g/mol. The van der Waals surface area contributed by atoms with Crippen LogP contribution in [0.2, 0.25) is 0 Å². The Labute approximate surface area is 141 Å². The monoisotopic (exact) mass is 387 g/mol. The molecule has 122 valence electrons. The van der Waals surface area contributed by atoms with Gasteiger partial charge < -0.3 is 4.74 Å². The molecule has 0 bridgehead atoms. The minimum absolute atomic E-state index is 0.142. The van der Waals surface area contributed by atoms with Crippen molar-refractivity contribution in [3.8, 4) is 5.75 Å². The maximum atomic E-state index is 12.0. The molecule has 1 aromatic rings. The van der Waals surface area contributed by atoms with Gasteiger partial charge in [-0.25, -0.2) is 8.42 Å². The van der Waals surface area contributed by atoms with Gasteiger partial charge in [0.1, 0.15) is 5.75 Å². The molecule has 0 aromatic heterocycles. The van der Waals surface area contributed by atoms with Crippen LogP contribution in [0, 0.1) is 5.92 Å². The zero-order chi connectivity index (χ0) is 16.0. The van der Waals surface area contributed by atoms with Gasteiger partial charge in [-0.15, -0.1) is 0 Å². The van der Waals surface area contributed by atoms with Crippen molar-refractivity contribution in [1.29, 1.82) is 0 Å². The van der Waals surface area contributed by atoms with E-state index in [-0.39, 0.29) is 5.75 Å². The first-order valence-electron chi connectivity index (χ1n) is 7.44. The summed E-state index contributed by atoms with van der Waals surface area (Å²) in [6.45, 7) is 0.772. The van der Waals surface area contributed by atoms with E-state index in [0.29, 0.717) is 17.7 Å². The lowest BCUT2D eigenvalue weighted by molar-refractivity contribution is 0.300. The molecule has 0 amide bonds. The molecule has 0 spiro atoms. The maximum absolute atomic E-state index is 12.0. The summed E-state index contributed by atoms with van der Waals surface area (Å²) in [5.74, 6) is 1.69. The van der Waals surface area contributed by atoms with Crippen molar-refractivity contribution < 1.29 is 13.2 Å². The van der Waals surface area contributed by atoms with Gasteiger partial charge in [-0.05, 0) is 49.0 Å². The molecule has 0 aliphatic heterocycles. The van der Waals surface area contributed by atoms with Gasteiger partial charge in [-0.3, -0.25) is 4.31 Å². The number of sulfonamides is 1. The Balaban J connectivity index is 1.94. The molecule has 0 radical (unpaired) electrons. The number of nitrogens with zero attached hydrogens (tertiary/aromatic N) is 1. The first kappa shape index (κ1) is 17.3. The summed E-state index contributed by atoms with van der Waals surface area (Å²) in [4.78, 5) is 0. The van der Waals surface area contributed by atoms with Crippen LogP contribution in [0.1, 0.15) is 24.8 Å². The summed E-state index contributed by atoms with van der Waals surface area (Å²) < 4.78 is 31.0. The second-order valence-corrected chi connectivity index (χ2v) is 8.46. The molecule has 1 aliphatic rings. The van der Waals surface area contributed by atoms with Crippen molar-refractivity contribution in [3.05, 3.63) is 36.0 Å². The molecule has 0 N–H and O–H groups in total. The van der Waals surface area contributed by atoms with Crippen LogP contribution in [-0.2, 0) is 10.0 Å². The molecule has 2 rings (SSSR count). The Hall–Kier alpha value is -1.01. The van der Waals surface area contributed by atoms with Crippen LogP contribution in [0.3, 0.4) is 0 Å². The molecule has 1 aromatic carbocycles. The lowest BCUT2D eigenvalue weighted by Gasteiger charge is -2.14. The molecule has 1 aliphatic carbocycles. The molecule has 4 nitrogen and oxygen atoms in total. The Kier molecular flexibility index (Phi) is 6.32. The number of hydrogen-bond acceptors (Lipinski definition) is 3. The topological polar surface area (TPSA) is 46.6 Å². The van der Waals surface area contributed by atoms with E-state index in [9.17, 15) is 8.42 Å². The Morgan fingerprint density at radius 2 is 2.18 bits per heavy atom. The van der Waals surface area contributed by atoms with Gasteiger partial charge in [-0.2, -0.15) is 0 Å². The van der Waals surface area contributed by atoms with E-state index >= 15 is 0 Å². The van der Waals surface area contributed by atoms with Gasteiger partial charge in [-0.1, -0.05) is 28.1 Å². The molecule has 0 saturated heterocycles. The Morgan fingerprint density at radius 1 is 1.41 bits per heavy atom. The molecule has 0 atom stereocenters. The number of rotatable bonds is 9. The Bertz CT molecular complexity index is 612. The third-order valence-corrected chi connectivity index (χ3v) is 5.86. The third-order valence-electron chi connectivity index (χ3n) is 3.49. The summed E-state index contributed by atoms with van der Waals surface area (Å²) in [5.41, 5.74) is 0.927. The molecular formula is C16H22BrNO3S. The summed E-state index contributed by atoms with van der Waals surface area (Å²) >= 11 is 3.25. The van der Waals surface area contributed by atoms with Crippen molar-refractivity contribution in [1.82, 2.24) is 4.31 Å². The van der Waals surface area contributed by atoms with Crippen LogP contribution in [0.15, 0.2) is 30.5 Å². The van der Waals surface area contributed by atoms with Crippen LogP contribution in [0.5, 0.6) is 5.75 Å². The van der Waals surface area contributed by atoms with Crippen molar-refractivity contribution in [2.45, 2.75) is 19.3 Å². The number of benzene rings is 1. The highest BCUT2D eigenvalue weighted by Crippen LogP contribution is 2.29. The van der Waals surface area contributed by atoms with Crippen LogP contribution in [0.25, 0.3) is 6.08 Å². The van der Waals surface area contributed by atoms with E-state index in [2.05, 4.69) is 15.9 Å². The number of hydrogen-bond donors (Lipinski definition) is 0. The minimum Gasteiger partial charge on any atom is -0.493 e. The minimum atomic E-state index is -3.23.